The van der Waals surface area contributed by atoms with Crippen LogP contribution in [0.15, 0.2) is 96.3 Å². The van der Waals surface area contributed by atoms with Crippen LogP contribution in [0, 0.1) is 11.8 Å². The van der Waals surface area contributed by atoms with Crippen LogP contribution < -0.4 is 21.3 Å². The standard InChI is InChI=1S/C62H78N10O13/c1-38(2)54(56-46-20-15-26-71(32-46)60(81)47(35-84-56)65-57(78)44-24-22-40-16-9-11-18-42(40)28-44)69(7)52(76)33-68(6)51(75)31-64-59(80)49-21-13-14-27-72(49)61(82)48(66-58(79)45-25-23-41-17-10-12-19-43(41)29-45)36-85-62(83)55(39(3)4)70(8)53(77)34-67(5)50(74)30-63-37-73/h9-12,16-19,22-25,28-29,37-39,47-49,54-55H,13-15,20-21,26-27,30-36H2,1-8H3,(H,63,73)(H,64,80)(H,65,78)(H,66,79)/t47-,48-,49+,54+,55+/m1/s1. The maximum atomic E-state index is 14.8. The van der Waals surface area contributed by atoms with Gasteiger partial charge in [0, 0.05) is 59.0 Å². The summed E-state index contributed by atoms with van der Waals surface area (Å²) in [4.78, 5) is 157. The van der Waals surface area contributed by atoms with Crippen molar-refractivity contribution in [3.63, 3.8) is 0 Å². The van der Waals surface area contributed by atoms with Gasteiger partial charge in [0.15, 0.2) is 0 Å². The monoisotopic (exact) mass is 1170 g/mol. The van der Waals surface area contributed by atoms with Crippen molar-refractivity contribution in [2.75, 3.05) is 87.2 Å². The number of hydrogen-bond acceptors (Lipinski definition) is 13. The first-order chi connectivity index (χ1) is 40.6. The van der Waals surface area contributed by atoms with Gasteiger partial charge < -0.3 is 60.1 Å². The second-order valence-electron chi connectivity index (χ2n) is 22.6. The highest BCUT2D eigenvalue weighted by molar-refractivity contribution is 6.03. The Morgan fingerprint density at radius 3 is 1.88 bits per heavy atom. The number of fused-ring (bicyclic) bond motifs is 4. The van der Waals surface area contributed by atoms with Crippen LogP contribution in [0.1, 0.15) is 80.5 Å². The molecular weight excluding hydrogens is 1090 g/mol. The SMILES string of the molecule is CC(C)[C@@H](C(=O)OC[C@@H](NC(=O)c1ccc2ccccc2c1)C(=O)N1CCCC[C@H]1C(=O)NCC(=O)N(C)CC(=O)N(C)[C@H](C1=C2CCCN(C2)C(=O)[C@H](NC(=O)c2ccc3ccccc3c2)CO1)C(C)C)N(C)C(=O)CN(C)C(=O)CNC=O. The van der Waals surface area contributed by atoms with Gasteiger partial charge in [0.25, 0.3) is 11.8 Å². The molecule has 0 aromatic heterocycles. The fourth-order valence-corrected chi connectivity index (χ4v) is 11.1. The van der Waals surface area contributed by atoms with Gasteiger partial charge in [-0.15, -0.1) is 0 Å². The highest BCUT2D eigenvalue weighted by atomic mass is 16.5. The lowest BCUT2D eigenvalue weighted by atomic mass is 9.92. The zero-order valence-electron chi connectivity index (χ0n) is 49.6. The smallest absolute Gasteiger partial charge is 0.329 e. The summed E-state index contributed by atoms with van der Waals surface area (Å²) in [6.07, 6.45) is 2.85. The maximum absolute atomic E-state index is 14.8. The third kappa shape index (κ3) is 15.9. The van der Waals surface area contributed by atoms with E-state index < -0.39 is 109 Å². The highest BCUT2D eigenvalue weighted by Gasteiger charge is 2.41. The van der Waals surface area contributed by atoms with E-state index in [-0.39, 0.29) is 56.6 Å². The van der Waals surface area contributed by atoms with Crippen LogP contribution in [-0.2, 0) is 52.6 Å². The predicted octanol–water partition coefficient (Wildman–Crippen LogP) is 2.47. The Kier molecular flexibility index (Phi) is 21.8. The van der Waals surface area contributed by atoms with Gasteiger partial charge >= 0.3 is 5.97 Å². The highest BCUT2D eigenvalue weighted by Crippen LogP contribution is 2.31. The third-order valence-corrected chi connectivity index (χ3v) is 15.8. The van der Waals surface area contributed by atoms with Crippen molar-refractivity contribution in [1.82, 2.24) is 50.7 Å². The Morgan fingerprint density at radius 2 is 1.28 bits per heavy atom. The molecule has 23 heteroatoms. The molecule has 10 amide bonds. The zero-order chi connectivity index (χ0) is 61.6. The molecule has 0 saturated carbocycles. The van der Waals surface area contributed by atoms with Gasteiger partial charge in [-0.1, -0.05) is 88.4 Å². The predicted molar refractivity (Wildman–Crippen MR) is 315 cm³/mol. The summed E-state index contributed by atoms with van der Waals surface area (Å²) in [5.74, 6) is -6.09. The Morgan fingerprint density at radius 1 is 0.694 bits per heavy atom. The summed E-state index contributed by atoms with van der Waals surface area (Å²) >= 11 is 0. The van der Waals surface area contributed by atoms with E-state index in [0.29, 0.717) is 50.0 Å². The number of likely N-dealkylation sites (N-methyl/N-ethyl adjacent to an activating group) is 4. The van der Waals surface area contributed by atoms with Crippen molar-refractivity contribution >= 4 is 87.1 Å². The van der Waals surface area contributed by atoms with E-state index in [1.54, 1.807) is 56.1 Å². The minimum absolute atomic E-state index is 0.0796. The van der Waals surface area contributed by atoms with Crippen molar-refractivity contribution < 1.29 is 62.2 Å². The molecule has 2 fully saturated rings. The van der Waals surface area contributed by atoms with Crippen molar-refractivity contribution in [1.29, 1.82) is 0 Å². The first-order valence-electron chi connectivity index (χ1n) is 28.7. The molecular formula is C62H78N10O13. The van der Waals surface area contributed by atoms with Gasteiger partial charge in [0.1, 0.15) is 43.1 Å². The largest absolute Gasteiger partial charge is 0.493 e. The number of hydrogen-bond donors (Lipinski definition) is 4. The molecule has 4 N–H and O–H groups in total. The molecule has 4 aromatic carbocycles. The number of amides is 10. The van der Waals surface area contributed by atoms with E-state index in [1.165, 1.54) is 35.8 Å². The maximum Gasteiger partial charge on any atom is 0.329 e. The Balaban J connectivity index is 1.000. The molecule has 5 atom stereocenters. The number of rotatable bonds is 23. The van der Waals surface area contributed by atoms with Gasteiger partial charge in [0.2, 0.25) is 47.8 Å². The summed E-state index contributed by atoms with van der Waals surface area (Å²) in [5, 5.41) is 14.0. The van der Waals surface area contributed by atoms with Gasteiger partial charge in [-0.3, -0.25) is 47.9 Å². The first kappa shape index (κ1) is 63.7. The van der Waals surface area contributed by atoms with Crippen molar-refractivity contribution in [3.8, 4) is 0 Å². The molecule has 0 unspecified atom stereocenters. The average Bonchev–Trinajstić information content (AvgIpc) is 2.99. The normalized spacial score (nSPS) is 17.1. The molecule has 3 aliphatic heterocycles. The zero-order valence-corrected chi connectivity index (χ0v) is 49.6. The lowest BCUT2D eigenvalue weighted by molar-refractivity contribution is -0.159. The second kappa shape index (κ2) is 29.1. The number of ether oxygens (including phenoxy) is 2. The molecule has 7 rings (SSSR count). The van der Waals surface area contributed by atoms with Gasteiger partial charge in [0.05, 0.1) is 32.2 Å². The van der Waals surface area contributed by atoms with Crippen LogP contribution >= 0.6 is 0 Å². The lowest BCUT2D eigenvalue weighted by Gasteiger charge is -2.40. The number of carbonyl (C=O) groups is 11. The van der Waals surface area contributed by atoms with Crippen LogP contribution in [0.3, 0.4) is 0 Å². The molecule has 2 saturated heterocycles. The fourth-order valence-electron chi connectivity index (χ4n) is 11.1. The number of piperidine rings is 2. The van der Waals surface area contributed by atoms with Crippen LogP contribution in [0.5, 0.6) is 0 Å². The molecule has 4 aromatic rings. The molecule has 454 valence electrons. The Bertz CT molecular complexity index is 3220. The van der Waals surface area contributed by atoms with Crippen LogP contribution in [-0.4, -0.2) is 212 Å². The topological polar surface area (TPSA) is 274 Å². The fraction of sp³-hybridized carbons (Fsp3) is 0.468. The number of likely N-dealkylation sites (tertiary alicyclic amines) is 1. The van der Waals surface area contributed by atoms with Gasteiger partial charge in [-0.2, -0.15) is 0 Å². The van der Waals surface area contributed by atoms with E-state index in [0.717, 1.165) is 36.9 Å². The average molecular weight is 1170 g/mol. The number of carbonyl (C=O) groups excluding carboxylic acids is 11. The number of nitrogens with zero attached hydrogens (tertiary/aromatic N) is 6. The molecule has 0 radical (unpaired) electrons. The molecule has 0 aliphatic carbocycles. The van der Waals surface area contributed by atoms with E-state index >= 15 is 0 Å². The molecule has 2 bridgehead atoms. The van der Waals surface area contributed by atoms with Gasteiger partial charge in [-0.25, -0.2) is 4.79 Å². The Labute approximate surface area is 494 Å². The van der Waals surface area contributed by atoms with E-state index in [4.69, 9.17) is 9.47 Å². The summed E-state index contributed by atoms with van der Waals surface area (Å²) in [7, 11) is 5.78. The lowest BCUT2D eigenvalue weighted by Crippen LogP contribution is -2.59. The minimum Gasteiger partial charge on any atom is -0.493 e. The first-order valence-corrected chi connectivity index (χ1v) is 28.7. The van der Waals surface area contributed by atoms with Crippen LogP contribution in [0.4, 0.5) is 0 Å². The second-order valence-corrected chi connectivity index (χ2v) is 22.6. The third-order valence-electron chi connectivity index (χ3n) is 15.8. The molecule has 3 aliphatic rings. The van der Waals surface area contributed by atoms with Crippen molar-refractivity contribution in [2.45, 2.75) is 90.0 Å². The molecule has 23 nitrogen and oxygen atoms in total. The minimum atomic E-state index is -1.53. The van der Waals surface area contributed by atoms with Crippen LogP contribution in [0.2, 0.25) is 0 Å². The number of nitrogens with one attached hydrogen (secondary N) is 4. The number of benzene rings is 4. The van der Waals surface area contributed by atoms with Crippen LogP contribution in [0.25, 0.3) is 21.5 Å². The summed E-state index contributed by atoms with van der Waals surface area (Å²) < 4.78 is 12.3. The summed E-state index contributed by atoms with van der Waals surface area (Å²) in [6.45, 7) is 5.50. The Hall–Kier alpha value is -8.89. The van der Waals surface area contributed by atoms with E-state index in [9.17, 15) is 52.7 Å². The van der Waals surface area contributed by atoms with Crippen molar-refractivity contribution in [3.05, 3.63) is 107 Å². The summed E-state index contributed by atoms with van der Waals surface area (Å²) in [5.41, 5.74) is 1.45. The van der Waals surface area contributed by atoms with Gasteiger partial charge in [-0.05, 0) is 95.3 Å². The quantitative estimate of drug-likeness (QED) is 0.0615. The molecule has 3 heterocycles. The van der Waals surface area contributed by atoms with E-state index in [2.05, 4.69) is 21.3 Å². The summed E-state index contributed by atoms with van der Waals surface area (Å²) in [6, 6.07) is 19.9. The molecule has 0 spiro atoms. The molecule has 85 heavy (non-hydrogen) atoms. The van der Waals surface area contributed by atoms with Crippen molar-refractivity contribution in [2.24, 2.45) is 11.8 Å². The number of esters is 1. The van der Waals surface area contributed by atoms with E-state index in [1.807, 2.05) is 68.4 Å².